The fourth-order valence-electron chi connectivity index (χ4n) is 4.31. The van der Waals surface area contributed by atoms with Gasteiger partial charge in [0.1, 0.15) is 17.1 Å². The van der Waals surface area contributed by atoms with Crippen LogP contribution in [0.1, 0.15) is 21.7 Å². The maximum atomic E-state index is 13.4. The average molecular weight is 541 g/mol. The van der Waals surface area contributed by atoms with Gasteiger partial charge in [0.05, 0.1) is 25.3 Å². The highest BCUT2D eigenvalue weighted by Crippen LogP contribution is 2.34. The number of methoxy groups -OCH3 is 2. The van der Waals surface area contributed by atoms with E-state index in [1.807, 2.05) is 0 Å². The molecule has 0 saturated carbocycles. The minimum atomic E-state index is -0.490. The number of benzene rings is 2. The summed E-state index contributed by atoms with van der Waals surface area (Å²) in [6.07, 6.45) is 1.57. The van der Waals surface area contributed by atoms with Gasteiger partial charge in [0.25, 0.3) is 5.88 Å². The number of carbonyl (C=O) groups excluding carboxylic acids is 1. The molecule has 0 saturated heterocycles. The lowest BCUT2D eigenvalue weighted by Gasteiger charge is -2.12. The van der Waals surface area contributed by atoms with Crippen molar-refractivity contribution in [3.8, 4) is 34.3 Å². The largest absolute Gasteiger partial charge is 0.491 e. The Morgan fingerprint density at radius 1 is 0.975 bits per heavy atom. The van der Waals surface area contributed by atoms with Crippen LogP contribution in [0.5, 0.6) is 23.1 Å². The van der Waals surface area contributed by atoms with Crippen molar-refractivity contribution >= 4 is 16.8 Å². The Morgan fingerprint density at radius 3 is 2.38 bits per heavy atom. The van der Waals surface area contributed by atoms with E-state index in [4.69, 9.17) is 14.2 Å². The first kappa shape index (κ1) is 26.5. The number of aromatic nitrogens is 4. The van der Waals surface area contributed by atoms with Crippen LogP contribution >= 0.6 is 0 Å². The van der Waals surface area contributed by atoms with Crippen LogP contribution in [0.2, 0.25) is 0 Å². The van der Waals surface area contributed by atoms with Gasteiger partial charge in [-0.05, 0) is 42.3 Å². The number of Topliss-reactive ketones (excluding diaryl/α,β-unsaturated/α-hetero) is 1. The van der Waals surface area contributed by atoms with Gasteiger partial charge in [0, 0.05) is 37.5 Å². The summed E-state index contributed by atoms with van der Waals surface area (Å²) in [7, 11) is 4.68. The molecule has 3 aromatic heterocycles. The van der Waals surface area contributed by atoms with Gasteiger partial charge in [-0.25, -0.2) is 9.37 Å². The first-order valence-corrected chi connectivity index (χ1v) is 12.3. The molecule has 0 aliphatic rings. The Kier molecular flexibility index (Phi) is 7.24. The molecular formula is C30H25FN4O5. The number of aryl methyl sites for hydroxylation is 1. The van der Waals surface area contributed by atoms with E-state index >= 15 is 0 Å². The van der Waals surface area contributed by atoms with E-state index in [1.54, 1.807) is 56.6 Å². The molecule has 0 spiro atoms. The zero-order chi connectivity index (χ0) is 28.4. The Balaban J connectivity index is 1.38. The number of fused-ring (bicyclic) bond motifs is 1. The predicted octanol–water partition coefficient (Wildman–Crippen LogP) is 5.07. The summed E-state index contributed by atoms with van der Waals surface area (Å²) in [5.74, 6) is 0.905. The van der Waals surface area contributed by atoms with Crippen LogP contribution in [-0.4, -0.2) is 39.8 Å². The molecule has 0 fully saturated rings. The first-order chi connectivity index (χ1) is 19.3. The lowest BCUT2D eigenvalue weighted by Crippen LogP contribution is -2.26. The summed E-state index contributed by atoms with van der Waals surface area (Å²) < 4.78 is 31.6. The van der Waals surface area contributed by atoms with E-state index < -0.39 is 17.0 Å². The number of hydrogen-bond donors (Lipinski definition) is 0. The summed E-state index contributed by atoms with van der Waals surface area (Å²) in [6.45, 7) is 1.73. The highest BCUT2D eigenvalue weighted by Gasteiger charge is 2.21. The number of ether oxygens (including phenoxy) is 3. The second-order valence-electron chi connectivity index (χ2n) is 8.99. The summed E-state index contributed by atoms with van der Waals surface area (Å²) >= 11 is 0. The van der Waals surface area contributed by atoms with Gasteiger partial charge < -0.3 is 14.2 Å². The Hall–Kier alpha value is -5.12. The van der Waals surface area contributed by atoms with Crippen molar-refractivity contribution in [1.82, 2.24) is 19.7 Å². The Morgan fingerprint density at radius 2 is 1.70 bits per heavy atom. The molecule has 2 aromatic carbocycles. The van der Waals surface area contributed by atoms with E-state index in [9.17, 15) is 14.0 Å². The molecule has 40 heavy (non-hydrogen) atoms. The number of halogens is 1. The molecule has 0 aliphatic carbocycles. The standard InChI is InChI=1S/C30H25FN4O5/c1-17-26(19-7-9-20(31)10-8-19)29(37)28(34-35(17)2)23(36)15-18-5-11-21(12-6-18)40-24-13-14-32-22-16-25(38-3)30(39-4)33-27(22)24/h5-14,16H,15H2,1-4H3. The molecule has 0 N–H and O–H groups in total. The second kappa shape index (κ2) is 10.9. The number of pyridine rings is 2. The smallest absolute Gasteiger partial charge is 0.257 e. The molecule has 0 bridgehead atoms. The van der Waals surface area contributed by atoms with E-state index in [0.717, 1.165) is 0 Å². The van der Waals surface area contributed by atoms with Crippen LogP contribution in [0.25, 0.3) is 22.2 Å². The summed E-state index contributed by atoms with van der Waals surface area (Å²) in [6, 6.07) is 15.9. The maximum Gasteiger partial charge on any atom is 0.257 e. The maximum absolute atomic E-state index is 13.4. The minimum Gasteiger partial charge on any atom is -0.491 e. The normalized spacial score (nSPS) is 10.9. The summed E-state index contributed by atoms with van der Waals surface area (Å²) in [5, 5.41) is 4.22. The third-order valence-corrected chi connectivity index (χ3v) is 6.47. The molecule has 9 nitrogen and oxygen atoms in total. The number of ketones is 1. The van der Waals surface area contributed by atoms with Gasteiger partial charge in [-0.1, -0.05) is 24.3 Å². The molecule has 5 rings (SSSR count). The van der Waals surface area contributed by atoms with E-state index in [-0.39, 0.29) is 12.1 Å². The lowest BCUT2D eigenvalue weighted by atomic mass is 10.0. The quantitative estimate of drug-likeness (QED) is 0.251. The molecule has 0 amide bonds. The number of rotatable bonds is 8. The molecule has 3 heterocycles. The van der Waals surface area contributed by atoms with Crippen molar-refractivity contribution in [1.29, 1.82) is 0 Å². The molecule has 0 aliphatic heterocycles. The molecule has 0 atom stereocenters. The number of carbonyl (C=O) groups is 1. The SMILES string of the molecule is COc1cc2nccc(Oc3ccc(CC(=O)c4nn(C)c(C)c(-c5ccc(F)cc5)c4=O)cc3)c2nc1OC. The van der Waals surface area contributed by atoms with Crippen LogP contribution in [0, 0.1) is 12.7 Å². The zero-order valence-electron chi connectivity index (χ0n) is 22.3. The molecule has 0 unspecified atom stereocenters. The molecule has 5 aromatic rings. The first-order valence-electron chi connectivity index (χ1n) is 12.3. The van der Waals surface area contributed by atoms with Crippen LogP contribution < -0.4 is 19.6 Å². The van der Waals surface area contributed by atoms with Crippen LogP contribution in [0.15, 0.2) is 71.7 Å². The third-order valence-electron chi connectivity index (χ3n) is 6.47. The molecule has 10 heteroatoms. The highest BCUT2D eigenvalue weighted by atomic mass is 19.1. The average Bonchev–Trinajstić information content (AvgIpc) is 2.96. The summed E-state index contributed by atoms with van der Waals surface area (Å²) in [4.78, 5) is 35.2. The zero-order valence-corrected chi connectivity index (χ0v) is 22.3. The van der Waals surface area contributed by atoms with E-state index in [2.05, 4.69) is 15.1 Å². The van der Waals surface area contributed by atoms with Crippen molar-refractivity contribution in [2.24, 2.45) is 7.05 Å². The summed E-state index contributed by atoms with van der Waals surface area (Å²) in [5.41, 5.74) is 2.49. The molecule has 202 valence electrons. The lowest BCUT2D eigenvalue weighted by molar-refractivity contribution is 0.0985. The van der Waals surface area contributed by atoms with E-state index in [1.165, 1.54) is 43.2 Å². The Bertz CT molecular complexity index is 1780. The van der Waals surface area contributed by atoms with Gasteiger partial charge in [0.2, 0.25) is 5.43 Å². The van der Waals surface area contributed by atoms with Gasteiger partial charge in [-0.2, -0.15) is 5.10 Å². The van der Waals surface area contributed by atoms with Crippen molar-refractivity contribution in [2.75, 3.05) is 14.2 Å². The van der Waals surface area contributed by atoms with Crippen LogP contribution in [0.3, 0.4) is 0 Å². The molecule has 0 radical (unpaired) electrons. The fraction of sp³-hybridized carbons (Fsp3) is 0.167. The second-order valence-corrected chi connectivity index (χ2v) is 8.99. The fourth-order valence-corrected chi connectivity index (χ4v) is 4.31. The van der Waals surface area contributed by atoms with Gasteiger partial charge in [-0.15, -0.1) is 0 Å². The monoisotopic (exact) mass is 540 g/mol. The topological polar surface area (TPSA) is 105 Å². The number of hydrogen-bond acceptors (Lipinski definition) is 8. The highest BCUT2D eigenvalue weighted by molar-refractivity contribution is 5.96. The minimum absolute atomic E-state index is 0.0365. The number of nitrogens with zero attached hydrogens (tertiary/aromatic N) is 4. The van der Waals surface area contributed by atoms with Crippen molar-refractivity contribution in [2.45, 2.75) is 13.3 Å². The molecular weight excluding hydrogens is 515 g/mol. The van der Waals surface area contributed by atoms with Crippen molar-refractivity contribution < 1.29 is 23.4 Å². The Labute approximate surface area is 228 Å². The predicted molar refractivity (Wildman–Crippen MR) is 147 cm³/mol. The van der Waals surface area contributed by atoms with Crippen molar-refractivity contribution in [3.63, 3.8) is 0 Å². The van der Waals surface area contributed by atoms with Gasteiger partial charge in [-0.3, -0.25) is 19.3 Å². The van der Waals surface area contributed by atoms with Crippen LogP contribution in [-0.2, 0) is 13.5 Å². The van der Waals surface area contributed by atoms with Gasteiger partial charge >= 0.3 is 0 Å². The third kappa shape index (κ3) is 5.11. The van der Waals surface area contributed by atoms with Crippen molar-refractivity contribution in [3.05, 3.63) is 99.9 Å². The van der Waals surface area contributed by atoms with Gasteiger partial charge in [0.15, 0.2) is 23.0 Å². The van der Waals surface area contributed by atoms with Crippen LogP contribution in [0.4, 0.5) is 4.39 Å². The van der Waals surface area contributed by atoms with E-state index in [0.29, 0.717) is 56.5 Å².